The van der Waals surface area contributed by atoms with Crippen molar-refractivity contribution in [1.82, 2.24) is 4.90 Å². The molecule has 0 saturated carbocycles. The molecule has 1 heterocycles. The van der Waals surface area contributed by atoms with E-state index in [1.54, 1.807) is 23.1 Å². The summed E-state index contributed by atoms with van der Waals surface area (Å²) >= 11 is 3.39. The Kier molecular flexibility index (Phi) is 6.52. The minimum atomic E-state index is -0.730. The maximum absolute atomic E-state index is 13.6. The number of morpholine rings is 1. The second kappa shape index (κ2) is 9.05. The summed E-state index contributed by atoms with van der Waals surface area (Å²) in [5.74, 6) is -0.960. The molecule has 0 unspecified atom stereocenters. The Labute approximate surface area is 163 Å². The zero-order chi connectivity index (χ0) is 19.2. The van der Waals surface area contributed by atoms with Gasteiger partial charge in [-0.3, -0.25) is 9.79 Å². The quantitative estimate of drug-likeness (QED) is 0.668. The van der Waals surface area contributed by atoms with Crippen LogP contribution in [0, 0.1) is 11.6 Å². The predicted octanol–water partition coefficient (Wildman–Crippen LogP) is 3.72. The molecule has 1 saturated heterocycles. The fourth-order valence-corrected chi connectivity index (χ4v) is 3.00. The third-order valence-corrected chi connectivity index (χ3v) is 4.55. The highest BCUT2D eigenvalue weighted by Gasteiger charge is 2.17. The lowest BCUT2D eigenvalue weighted by Crippen LogP contribution is -2.43. The highest BCUT2D eigenvalue weighted by molar-refractivity contribution is 9.10. The average molecular weight is 439 g/mol. The van der Waals surface area contributed by atoms with Crippen molar-refractivity contribution in [3.8, 4) is 5.75 Å². The summed E-state index contributed by atoms with van der Waals surface area (Å²) in [6.07, 6.45) is 1.46. The van der Waals surface area contributed by atoms with Crippen molar-refractivity contribution < 1.29 is 23.0 Å². The third kappa shape index (κ3) is 5.33. The second-order valence-electron chi connectivity index (χ2n) is 5.83. The van der Waals surface area contributed by atoms with Crippen LogP contribution in [0.4, 0.5) is 14.5 Å². The highest BCUT2D eigenvalue weighted by Crippen LogP contribution is 2.26. The molecule has 3 rings (SSSR count). The van der Waals surface area contributed by atoms with Crippen LogP contribution in [0.25, 0.3) is 0 Å². The van der Waals surface area contributed by atoms with Crippen LogP contribution < -0.4 is 4.74 Å². The molecule has 2 aromatic carbocycles. The fourth-order valence-electron chi connectivity index (χ4n) is 2.49. The molecule has 0 aromatic heterocycles. The molecule has 142 valence electrons. The number of aliphatic imine (C=N–C) groups is 1. The topological polar surface area (TPSA) is 51.1 Å². The summed E-state index contributed by atoms with van der Waals surface area (Å²) in [7, 11) is 0. The zero-order valence-electron chi connectivity index (χ0n) is 14.3. The summed E-state index contributed by atoms with van der Waals surface area (Å²) in [5, 5.41) is 0. The van der Waals surface area contributed by atoms with Gasteiger partial charge in [-0.25, -0.2) is 8.78 Å². The maximum atomic E-state index is 13.6. The Morgan fingerprint density at radius 2 is 2.00 bits per heavy atom. The second-order valence-corrected chi connectivity index (χ2v) is 6.68. The van der Waals surface area contributed by atoms with Crippen LogP contribution in [0.15, 0.2) is 45.9 Å². The first-order chi connectivity index (χ1) is 13.0. The lowest BCUT2D eigenvalue weighted by molar-refractivity contribution is -0.137. The van der Waals surface area contributed by atoms with Crippen molar-refractivity contribution >= 4 is 33.7 Å². The van der Waals surface area contributed by atoms with Crippen molar-refractivity contribution in [1.29, 1.82) is 0 Å². The summed E-state index contributed by atoms with van der Waals surface area (Å²) in [6, 6.07) is 8.35. The molecule has 1 aliphatic rings. The van der Waals surface area contributed by atoms with E-state index in [9.17, 15) is 13.6 Å². The molecule has 0 N–H and O–H groups in total. The molecule has 1 amide bonds. The maximum Gasteiger partial charge on any atom is 0.260 e. The SMILES string of the molecule is O=C(COc1ccc(C=Nc2ccc(F)cc2F)cc1Br)N1CCOCC1. The molecular formula is C19H17BrF2N2O3. The van der Waals surface area contributed by atoms with E-state index in [0.29, 0.717) is 42.1 Å². The largest absolute Gasteiger partial charge is 0.483 e. The molecule has 27 heavy (non-hydrogen) atoms. The average Bonchev–Trinajstić information content (AvgIpc) is 2.67. The van der Waals surface area contributed by atoms with Crippen LogP contribution in [0.3, 0.4) is 0 Å². The predicted molar refractivity (Wildman–Crippen MR) is 101 cm³/mol. The number of hydrogen-bond acceptors (Lipinski definition) is 4. The molecule has 0 spiro atoms. The molecule has 5 nitrogen and oxygen atoms in total. The first kappa shape index (κ1) is 19.4. The van der Waals surface area contributed by atoms with Gasteiger partial charge in [0.05, 0.1) is 23.4 Å². The molecule has 8 heteroatoms. The minimum Gasteiger partial charge on any atom is -0.483 e. The van der Waals surface area contributed by atoms with Crippen molar-refractivity contribution in [2.75, 3.05) is 32.9 Å². The van der Waals surface area contributed by atoms with Gasteiger partial charge in [0.2, 0.25) is 0 Å². The van der Waals surface area contributed by atoms with Crippen molar-refractivity contribution in [2.24, 2.45) is 4.99 Å². The number of rotatable bonds is 5. The number of ether oxygens (including phenoxy) is 2. The van der Waals surface area contributed by atoms with Gasteiger partial charge in [-0.05, 0) is 51.8 Å². The van der Waals surface area contributed by atoms with Crippen LogP contribution in [0.2, 0.25) is 0 Å². The summed E-state index contributed by atoms with van der Waals surface area (Å²) < 4.78 is 37.9. The molecule has 0 bridgehead atoms. The van der Waals surface area contributed by atoms with E-state index in [0.717, 1.165) is 12.1 Å². The van der Waals surface area contributed by atoms with Gasteiger partial charge in [-0.15, -0.1) is 0 Å². The first-order valence-electron chi connectivity index (χ1n) is 8.30. The van der Waals surface area contributed by atoms with Gasteiger partial charge < -0.3 is 14.4 Å². The summed E-state index contributed by atoms with van der Waals surface area (Å²) in [6.45, 7) is 2.15. The van der Waals surface area contributed by atoms with Gasteiger partial charge in [-0.2, -0.15) is 0 Å². The standard InChI is InChI=1S/C19H17BrF2N2O3/c20-15-9-13(11-23-17-3-2-14(21)10-16(17)22)1-4-18(15)27-12-19(25)24-5-7-26-8-6-24/h1-4,9-11H,5-8,12H2. The Morgan fingerprint density at radius 3 is 2.70 bits per heavy atom. The monoisotopic (exact) mass is 438 g/mol. The van der Waals surface area contributed by atoms with Crippen LogP contribution >= 0.6 is 15.9 Å². The van der Waals surface area contributed by atoms with Crippen LogP contribution in [-0.4, -0.2) is 49.9 Å². The van der Waals surface area contributed by atoms with E-state index < -0.39 is 11.6 Å². The molecule has 2 aromatic rings. The minimum absolute atomic E-state index is 0.0453. The smallest absolute Gasteiger partial charge is 0.260 e. The van der Waals surface area contributed by atoms with E-state index in [4.69, 9.17) is 9.47 Å². The number of halogens is 3. The molecule has 1 fully saturated rings. The number of carbonyl (C=O) groups is 1. The van der Waals surface area contributed by atoms with E-state index in [2.05, 4.69) is 20.9 Å². The van der Waals surface area contributed by atoms with Gasteiger partial charge >= 0.3 is 0 Å². The Morgan fingerprint density at radius 1 is 1.22 bits per heavy atom. The highest BCUT2D eigenvalue weighted by atomic mass is 79.9. The summed E-state index contributed by atoms with van der Waals surface area (Å²) in [4.78, 5) is 17.8. The van der Waals surface area contributed by atoms with Crippen molar-refractivity contribution in [3.63, 3.8) is 0 Å². The molecule has 1 aliphatic heterocycles. The summed E-state index contributed by atoms with van der Waals surface area (Å²) in [5.41, 5.74) is 0.737. The molecule has 0 radical (unpaired) electrons. The zero-order valence-corrected chi connectivity index (χ0v) is 15.9. The van der Waals surface area contributed by atoms with Crippen molar-refractivity contribution in [3.05, 3.63) is 58.1 Å². The van der Waals surface area contributed by atoms with Crippen molar-refractivity contribution in [2.45, 2.75) is 0 Å². The molecule has 0 aliphatic carbocycles. The van der Waals surface area contributed by atoms with Gasteiger partial charge in [0.1, 0.15) is 11.6 Å². The normalized spacial score (nSPS) is 14.6. The Hall–Kier alpha value is -2.32. The van der Waals surface area contributed by atoms with Crippen LogP contribution in [0.5, 0.6) is 5.75 Å². The number of carbonyl (C=O) groups excluding carboxylic acids is 1. The molecular weight excluding hydrogens is 422 g/mol. The number of amides is 1. The van der Waals surface area contributed by atoms with Gasteiger partial charge in [-0.1, -0.05) is 0 Å². The number of hydrogen-bond donors (Lipinski definition) is 0. The first-order valence-corrected chi connectivity index (χ1v) is 9.09. The lowest BCUT2D eigenvalue weighted by Gasteiger charge is -2.26. The van der Waals surface area contributed by atoms with Gasteiger partial charge in [0.15, 0.2) is 12.4 Å². The van der Waals surface area contributed by atoms with Crippen LogP contribution in [0.1, 0.15) is 5.56 Å². The van der Waals surface area contributed by atoms with Crippen LogP contribution in [-0.2, 0) is 9.53 Å². The van der Waals surface area contributed by atoms with E-state index in [1.807, 2.05) is 0 Å². The van der Waals surface area contributed by atoms with E-state index >= 15 is 0 Å². The fraction of sp³-hybridized carbons (Fsp3) is 0.263. The van der Waals surface area contributed by atoms with Gasteiger partial charge in [0, 0.05) is 25.4 Å². The number of nitrogens with zero attached hydrogens (tertiary/aromatic N) is 2. The van der Waals surface area contributed by atoms with E-state index in [-0.39, 0.29) is 18.2 Å². The Balaban J connectivity index is 1.61. The Bertz CT molecular complexity index is 855. The molecule has 0 atom stereocenters. The van der Waals surface area contributed by atoms with E-state index in [1.165, 1.54) is 12.3 Å². The lowest BCUT2D eigenvalue weighted by atomic mass is 10.2. The number of benzene rings is 2. The third-order valence-electron chi connectivity index (χ3n) is 3.93. The van der Waals surface area contributed by atoms with Gasteiger partial charge in [0.25, 0.3) is 5.91 Å².